The van der Waals surface area contributed by atoms with Gasteiger partial charge in [0, 0.05) is 13.6 Å². The van der Waals surface area contributed by atoms with Crippen molar-refractivity contribution in [2.24, 2.45) is 5.73 Å². The van der Waals surface area contributed by atoms with Gasteiger partial charge in [-0.05, 0) is 24.6 Å². The average molecular weight is 281 g/mol. The maximum absolute atomic E-state index is 11.7. The number of hydrogen-bond acceptors (Lipinski definition) is 5. The van der Waals surface area contributed by atoms with E-state index < -0.39 is 18.0 Å². The van der Waals surface area contributed by atoms with E-state index in [-0.39, 0.29) is 0 Å². The highest BCUT2D eigenvalue weighted by Crippen LogP contribution is 2.28. The number of imide groups is 1. The van der Waals surface area contributed by atoms with E-state index in [2.05, 4.69) is 10.6 Å². The first-order chi connectivity index (χ1) is 9.51. The molecule has 1 rings (SSSR count). The van der Waals surface area contributed by atoms with Crippen molar-refractivity contribution in [3.8, 4) is 11.5 Å². The van der Waals surface area contributed by atoms with Gasteiger partial charge in [-0.25, -0.2) is 4.79 Å². The lowest BCUT2D eigenvalue weighted by molar-refractivity contribution is -0.126. The lowest BCUT2D eigenvalue weighted by Gasteiger charge is -2.16. The molecule has 0 fully saturated rings. The Balaban J connectivity index is 2.80. The number of urea groups is 1. The van der Waals surface area contributed by atoms with Crippen LogP contribution in [0.2, 0.25) is 0 Å². The fourth-order valence-corrected chi connectivity index (χ4v) is 1.46. The molecule has 4 N–H and O–H groups in total. The molecule has 0 spiro atoms. The number of nitrogens with two attached hydrogens (primary N) is 1. The zero-order valence-electron chi connectivity index (χ0n) is 11.7. The van der Waals surface area contributed by atoms with Gasteiger partial charge in [0.2, 0.25) is 0 Å². The van der Waals surface area contributed by atoms with Crippen molar-refractivity contribution in [2.45, 2.75) is 19.6 Å². The normalized spacial score (nSPS) is 11.4. The highest BCUT2D eigenvalue weighted by molar-refractivity contribution is 5.96. The molecule has 0 aromatic heterocycles. The summed E-state index contributed by atoms with van der Waals surface area (Å²) in [5, 5.41) is 4.42. The van der Waals surface area contributed by atoms with Crippen molar-refractivity contribution in [1.29, 1.82) is 0 Å². The molecular formula is C13H19N3O4. The molecule has 1 unspecified atom stereocenters. The molecule has 1 aromatic carbocycles. The highest BCUT2D eigenvalue weighted by Gasteiger charge is 2.18. The molecule has 0 saturated heterocycles. The second-order valence-electron chi connectivity index (χ2n) is 4.02. The van der Waals surface area contributed by atoms with Crippen LogP contribution in [0.5, 0.6) is 11.5 Å². The van der Waals surface area contributed by atoms with Gasteiger partial charge >= 0.3 is 6.03 Å². The first-order valence-electron chi connectivity index (χ1n) is 6.08. The van der Waals surface area contributed by atoms with Crippen molar-refractivity contribution < 1.29 is 19.1 Å². The maximum atomic E-state index is 11.7. The topological polar surface area (TPSA) is 103 Å². The van der Waals surface area contributed by atoms with Gasteiger partial charge in [-0.2, -0.15) is 0 Å². The molecule has 20 heavy (non-hydrogen) atoms. The van der Waals surface area contributed by atoms with Crippen LogP contribution in [-0.2, 0) is 11.3 Å². The highest BCUT2D eigenvalue weighted by atomic mass is 16.5. The van der Waals surface area contributed by atoms with Crippen LogP contribution in [0.3, 0.4) is 0 Å². The van der Waals surface area contributed by atoms with E-state index in [0.29, 0.717) is 18.0 Å². The Kier molecular flexibility index (Phi) is 5.79. The summed E-state index contributed by atoms with van der Waals surface area (Å²) in [7, 11) is 2.92. The third kappa shape index (κ3) is 4.13. The van der Waals surface area contributed by atoms with Gasteiger partial charge in [0.25, 0.3) is 5.91 Å². The summed E-state index contributed by atoms with van der Waals surface area (Å²) in [6.07, 6.45) is -0.853. The van der Waals surface area contributed by atoms with Crippen LogP contribution in [0.25, 0.3) is 0 Å². The van der Waals surface area contributed by atoms with Gasteiger partial charge in [-0.3, -0.25) is 10.1 Å². The molecule has 0 aliphatic heterocycles. The molecule has 110 valence electrons. The van der Waals surface area contributed by atoms with E-state index in [4.69, 9.17) is 15.2 Å². The second kappa shape index (κ2) is 7.34. The number of benzene rings is 1. The lowest BCUT2D eigenvalue weighted by Crippen LogP contribution is -2.44. The van der Waals surface area contributed by atoms with Gasteiger partial charge in [0.05, 0.1) is 7.11 Å². The molecule has 0 aliphatic carbocycles. The summed E-state index contributed by atoms with van der Waals surface area (Å²) in [4.78, 5) is 22.8. The van der Waals surface area contributed by atoms with Gasteiger partial charge in [-0.15, -0.1) is 0 Å². The zero-order chi connectivity index (χ0) is 15.1. The molecule has 7 heteroatoms. The molecule has 0 bridgehead atoms. The number of amides is 3. The third-order valence-electron chi connectivity index (χ3n) is 2.60. The van der Waals surface area contributed by atoms with E-state index in [0.717, 1.165) is 5.56 Å². The number of nitrogens with one attached hydrogen (secondary N) is 2. The van der Waals surface area contributed by atoms with Crippen molar-refractivity contribution in [2.75, 3.05) is 14.2 Å². The SMILES string of the molecule is CNC(=O)NC(=O)C(C)Oc1cc(CN)ccc1OC. The van der Waals surface area contributed by atoms with Crippen LogP contribution in [0.1, 0.15) is 12.5 Å². The minimum Gasteiger partial charge on any atom is -0.493 e. The van der Waals surface area contributed by atoms with E-state index in [1.54, 1.807) is 18.2 Å². The minimum atomic E-state index is -0.853. The summed E-state index contributed by atoms with van der Waals surface area (Å²) in [5.74, 6) is 0.335. The molecule has 0 aliphatic rings. The Hall–Kier alpha value is -2.28. The Morgan fingerprint density at radius 2 is 2.05 bits per heavy atom. The van der Waals surface area contributed by atoms with E-state index >= 15 is 0 Å². The summed E-state index contributed by atoms with van der Waals surface area (Å²) in [6.45, 7) is 1.88. The molecule has 1 atom stereocenters. The first kappa shape index (κ1) is 15.8. The summed E-state index contributed by atoms with van der Waals surface area (Å²) in [6, 6.07) is 4.62. The van der Waals surface area contributed by atoms with Crippen molar-refractivity contribution in [3.63, 3.8) is 0 Å². The van der Waals surface area contributed by atoms with Crippen molar-refractivity contribution in [3.05, 3.63) is 23.8 Å². The van der Waals surface area contributed by atoms with Crippen LogP contribution in [-0.4, -0.2) is 32.2 Å². The van der Waals surface area contributed by atoms with E-state index in [1.165, 1.54) is 21.1 Å². The summed E-state index contributed by atoms with van der Waals surface area (Å²) < 4.78 is 10.7. The quantitative estimate of drug-likeness (QED) is 0.724. The number of hydrogen-bond donors (Lipinski definition) is 3. The molecule has 0 radical (unpaired) electrons. The number of carbonyl (C=O) groups excluding carboxylic acids is 2. The average Bonchev–Trinajstić information content (AvgIpc) is 2.46. The third-order valence-corrected chi connectivity index (χ3v) is 2.60. The van der Waals surface area contributed by atoms with Crippen molar-refractivity contribution >= 4 is 11.9 Å². The Morgan fingerprint density at radius 1 is 1.35 bits per heavy atom. The maximum Gasteiger partial charge on any atom is 0.321 e. The smallest absolute Gasteiger partial charge is 0.321 e. The van der Waals surface area contributed by atoms with Crippen LogP contribution < -0.4 is 25.8 Å². The summed E-state index contributed by atoms with van der Waals surface area (Å²) in [5.41, 5.74) is 6.40. The molecule has 3 amide bonds. The van der Waals surface area contributed by atoms with Gasteiger partial charge in [0.15, 0.2) is 17.6 Å². The fraction of sp³-hybridized carbons (Fsp3) is 0.385. The van der Waals surface area contributed by atoms with Gasteiger partial charge in [-0.1, -0.05) is 6.07 Å². The monoisotopic (exact) mass is 281 g/mol. The molecule has 0 heterocycles. The number of methoxy groups -OCH3 is 1. The Bertz CT molecular complexity index is 491. The Morgan fingerprint density at radius 3 is 2.60 bits per heavy atom. The van der Waals surface area contributed by atoms with E-state index in [9.17, 15) is 9.59 Å². The van der Waals surface area contributed by atoms with Crippen LogP contribution in [0.4, 0.5) is 4.79 Å². The zero-order valence-corrected chi connectivity index (χ0v) is 11.7. The number of carbonyl (C=O) groups is 2. The van der Waals surface area contributed by atoms with Crippen LogP contribution in [0.15, 0.2) is 18.2 Å². The fourth-order valence-electron chi connectivity index (χ4n) is 1.46. The number of ether oxygens (including phenoxy) is 2. The van der Waals surface area contributed by atoms with Gasteiger partial charge in [0.1, 0.15) is 0 Å². The van der Waals surface area contributed by atoms with Crippen molar-refractivity contribution in [1.82, 2.24) is 10.6 Å². The Labute approximate surface area is 117 Å². The number of rotatable bonds is 5. The van der Waals surface area contributed by atoms with E-state index in [1.807, 2.05) is 0 Å². The molecule has 0 saturated carbocycles. The lowest BCUT2D eigenvalue weighted by atomic mass is 10.2. The molecular weight excluding hydrogens is 262 g/mol. The predicted molar refractivity (Wildman–Crippen MR) is 73.6 cm³/mol. The minimum absolute atomic E-state index is 0.346. The molecule has 1 aromatic rings. The first-order valence-corrected chi connectivity index (χ1v) is 6.08. The largest absolute Gasteiger partial charge is 0.493 e. The van der Waals surface area contributed by atoms with Crippen LogP contribution in [0, 0.1) is 0 Å². The predicted octanol–water partition coefficient (Wildman–Crippen LogP) is 0.377. The standard InChI is InChI=1S/C13H19N3O4/c1-8(12(17)16-13(18)15-2)20-11-6-9(7-14)4-5-10(11)19-3/h4-6,8H,7,14H2,1-3H3,(H2,15,16,17,18). The summed E-state index contributed by atoms with van der Waals surface area (Å²) >= 11 is 0. The molecule has 7 nitrogen and oxygen atoms in total. The second-order valence-corrected chi connectivity index (χ2v) is 4.02. The van der Waals surface area contributed by atoms with Crippen LogP contribution >= 0.6 is 0 Å². The van der Waals surface area contributed by atoms with Gasteiger partial charge < -0.3 is 20.5 Å².